The normalized spacial score (nSPS) is 10.5. The highest BCUT2D eigenvalue weighted by atomic mass is 127. The smallest absolute Gasteiger partial charge is 0.251 e. The van der Waals surface area contributed by atoms with Gasteiger partial charge in [-0.25, -0.2) is 0 Å². The summed E-state index contributed by atoms with van der Waals surface area (Å²) in [7, 11) is 4.94. The molecule has 2 aromatic rings. The lowest BCUT2D eigenvalue weighted by atomic mass is 10.2. The molecule has 0 aliphatic carbocycles. The van der Waals surface area contributed by atoms with Crippen LogP contribution in [0.2, 0.25) is 0 Å². The van der Waals surface area contributed by atoms with Crippen LogP contribution in [-0.2, 0) is 6.54 Å². The number of hydrogen-bond acceptors (Lipinski definition) is 4. The number of ether oxygens (including phenoxy) is 2. The van der Waals surface area contributed by atoms with Gasteiger partial charge in [0.15, 0.2) is 5.96 Å². The van der Waals surface area contributed by atoms with Gasteiger partial charge in [0.1, 0.15) is 11.5 Å². The van der Waals surface area contributed by atoms with Crippen LogP contribution in [0, 0.1) is 0 Å². The van der Waals surface area contributed by atoms with E-state index in [4.69, 9.17) is 9.47 Å². The molecule has 28 heavy (non-hydrogen) atoms. The molecule has 0 aliphatic heterocycles. The van der Waals surface area contributed by atoms with E-state index in [1.165, 1.54) is 0 Å². The number of carbonyl (C=O) groups is 1. The summed E-state index contributed by atoms with van der Waals surface area (Å²) in [5.41, 5.74) is 1.63. The van der Waals surface area contributed by atoms with E-state index in [2.05, 4.69) is 20.9 Å². The summed E-state index contributed by atoms with van der Waals surface area (Å²) in [6, 6.07) is 14.8. The zero-order valence-corrected chi connectivity index (χ0v) is 18.7. The molecule has 0 aromatic heterocycles. The maximum Gasteiger partial charge on any atom is 0.251 e. The first kappa shape index (κ1) is 23.5. The zero-order chi connectivity index (χ0) is 19.5. The average Bonchev–Trinajstić information content (AvgIpc) is 2.73. The lowest BCUT2D eigenvalue weighted by Gasteiger charge is -2.14. The zero-order valence-electron chi connectivity index (χ0n) is 16.3. The van der Waals surface area contributed by atoms with Crippen molar-refractivity contribution in [1.82, 2.24) is 16.0 Å². The molecular weight excluding hydrogens is 471 g/mol. The first-order chi connectivity index (χ1) is 13.2. The van der Waals surface area contributed by atoms with E-state index in [1.54, 1.807) is 45.5 Å². The number of guanidine groups is 1. The third-order valence-electron chi connectivity index (χ3n) is 3.92. The van der Waals surface area contributed by atoms with Crippen LogP contribution < -0.4 is 25.4 Å². The molecule has 0 saturated heterocycles. The second kappa shape index (κ2) is 12.8. The third-order valence-corrected chi connectivity index (χ3v) is 3.92. The van der Waals surface area contributed by atoms with E-state index in [-0.39, 0.29) is 29.9 Å². The fourth-order valence-electron chi connectivity index (χ4n) is 2.45. The Morgan fingerprint density at radius 3 is 2.25 bits per heavy atom. The summed E-state index contributed by atoms with van der Waals surface area (Å²) in [6.07, 6.45) is 0. The third kappa shape index (κ3) is 7.26. The van der Waals surface area contributed by atoms with Gasteiger partial charge in [0.05, 0.1) is 14.2 Å². The van der Waals surface area contributed by atoms with Crippen LogP contribution in [-0.4, -0.2) is 46.2 Å². The molecule has 2 rings (SSSR count). The Morgan fingerprint density at radius 2 is 1.61 bits per heavy atom. The van der Waals surface area contributed by atoms with Crippen LogP contribution in [0.5, 0.6) is 11.5 Å². The average molecular weight is 498 g/mol. The molecule has 2 aromatic carbocycles. The van der Waals surface area contributed by atoms with E-state index in [9.17, 15) is 4.79 Å². The molecule has 0 aliphatic rings. The summed E-state index contributed by atoms with van der Waals surface area (Å²) in [5, 5.41) is 9.25. The number of halogens is 1. The molecule has 0 fully saturated rings. The van der Waals surface area contributed by atoms with Gasteiger partial charge in [0.25, 0.3) is 5.91 Å². The van der Waals surface area contributed by atoms with Gasteiger partial charge in [0, 0.05) is 37.8 Å². The van der Waals surface area contributed by atoms with Gasteiger partial charge in [-0.15, -0.1) is 24.0 Å². The Kier molecular flexibility index (Phi) is 10.8. The van der Waals surface area contributed by atoms with Crippen molar-refractivity contribution in [2.75, 3.05) is 34.4 Å². The molecule has 152 valence electrons. The molecular formula is C20H27IN4O3. The van der Waals surface area contributed by atoms with Crippen LogP contribution in [0.4, 0.5) is 0 Å². The van der Waals surface area contributed by atoms with Crippen LogP contribution in [0.3, 0.4) is 0 Å². The van der Waals surface area contributed by atoms with Gasteiger partial charge >= 0.3 is 0 Å². The molecule has 8 heteroatoms. The van der Waals surface area contributed by atoms with Gasteiger partial charge in [-0.1, -0.05) is 18.2 Å². The highest BCUT2D eigenvalue weighted by molar-refractivity contribution is 14.0. The number of rotatable bonds is 8. The number of hydrogen-bond donors (Lipinski definition) is 3. The van der Waals surface area contributed by atoms with Crippen LogP contribution in [0.1, 0.15) is 15.9 Å². The largest absolute Gasteiger partial charge is 0.497 e. The summed E-state index contributed by atoms with van der Waals surface area (Å²) in [4.78, 5) is 16.3. The van der Waals surface area contributed by atoms with E-state index >= 15 is 0 Å². The second-order valence-corrected chi connectivity index (χ2v) is 5.65. The quantitative estimate of drug-likeness (QED) is 0.226. The molecule has 0 heterocycles. The topological polar surface area (TPSA) is 84.0 Å². The molecule has 7 nitrogen and oxygen atoms in total. The number of aliphatic imine (C=N–C) groups is 1. The van der Waals surface area contributed by atoms with Gasteiger partial charge in [-0.2, -0.15) is 0 Å². The first-order valence-electron chi connectivity index (χ1n) is 8.66. The standard InChI is InChI=1S/C20H26N4O3.HI/c1-21-20(24-14-16-6-4-5-7-18(16)27-3)23-13-12-22-19(25)15-8-10-17(26-2)11-9-15;/h4-11H,12-14H2,1-3H3,(H,22,25)(H2,21,23,24);1H. The molecule has 1 amide bonds. The molecule has 3 N–H and O–H groups in total. The predicted molar refractivity (Wildman–Crippen MR) is 122 cm³/mol. The molecule has 0 radical (unpaired) electrons. The monoisotopic (exact) mass is 498 g/mol. The van der Waals surface area contributed by atoms with Crippen molar-refractivity contribution < 1.29 is 14.3 Å². The number of nitrogens with zero attached hydrogens (tertiary/aromatic N) is 1. The molecule has 0 unspecified atom stereocenters. The number of methoxy groups -OCH3 is 2. The molecule has 0 spiro atoms. The summed E-state index contributed by atoms with van der Waals surface area (Å²) in [6.45, 7) is 1.61. The van der Waals surface area contributed by atoms with Gasteiger partial charge in [-0.05, 0) is 30.3 Å². The van der Waals surface area contributed by atoms with Crippen molar-refractivity contribution in [3.05, 3.63) is 59.7 Å². The van der Waals surface area contributed by atoms with Crippen molar-refractivity contribution in [1.29, 1.82) is 0 Å². The van der Waals surface area contributed by atoms with Crippen molar-refractivity contribution in [2.24, 2.45) is 4.99 Å². The summed E-state index contributed by atoms with van der Waals surface area (Å²) < 4.78 is 10.4. The molecule has 0 saturated carbocycles. The Morgan fingerprint density at radius 1 is 0.929 bits per heavy atom. The van der Waals surface area contributed by atoms with E-state index in [1.807, 2.05) is 24.3 Å². The maximum absolute atomic E-state index is 12.1. The predicted octanol–water partition coefficient (Wildman–Crippen LogP) is 2.42. The van der Waals surface area contributed by atoms with Gasteiger partial charge in [-0.3, -0.25) is 9.79 Å². The van der Waals surface area contributed by atoms with Crippen molar-refractivity contribution in [3.8, 4) is 11.5 Å². The van der Waals surface area contributed by atoms with E-state index in [0.717, 1.165) is 17.1 Å². The van der Waals surface area contributed by atoms with Crippen molar-refractivity contribution in [3.63, 3.8) is 0 Å². The minimum Gasteiger partial charge on any atom is -0.497 e. The number of nitrogens with one attached hydrogen (secondary N) is 3. The lowest BCUT2D eigenvalue weighted by molar-refractivity contribution is 0.0954. The van der Waals surface area contributed by atoms with Crippen LogP contribution in [0.25, 0.3) is 0 Å². The Labute approximate surface area is 182 Å². The second-order valence-electron chi connectivity index (χ2n) is 5.65. The highest BCUT2D eigenvalue weighted by Crippen LogP contribution is 2.16. The minimum absolute atomic E-state index is 0. The molecule has 0 atom stereocenters. The Balaban J connectivity index is 0.00000392. The number of benzene rings is 2. The fourth-order valence-corrected chi connectivity index (χ4v) is 2.45. The fraction of sp³-hybridized carbons (Fsp3) is 0.300. The van der Waals surface area contributed by atoms with Crippen LogP contribution >= 0.6 is 24.0 Å². The minimum atomic E-state index is -0.128. The molecule has 0 bridgehead atoms. The summed E-state index contributed by atoms with van der Waals surface area (Å²) in [5.74, 6) is 2.07. The highest BCUT2D eigenvalue weighted by Gasteiger charge is 2.06. The van der Waals surface area contributed by atoms with E-state index < -0.39 is 0 Å². The summed E-state index contributed by atoms with van der Waals surface area (Å²) >= 11 is 0. The van der Waals surface area contributed by atoms with Gasteiger partial charge < -0.3 is 25.4 Å². The first-order valence-corrected chi connectivity index (χ1v) is 8.66. The lowest BCUT2D eigenvalue weighted by Crippen LogP contribution is -2.41. The Bertz CT molecular complexity index is 766. The van der Waals surface area contributed by atoms with Crippen molar-refractivity contribution >= 4 is 35.8 Å². The maximum atomic E-state index is 12.1. The SMILES string of the molecule is CN=C(NCCNC(=O)c1ccc(OC)cc1)NCc1ccccc1OC.I. The number of amides is 1. The van der Waals surface area contributed by atoms with E-state index in [0.29, 0.717) is 31.2 Å². The number of para-hydroxylation sites is 1. The van der Waals surface area contributed by atoms with Crippen LogP contribution in [0.15, 0.2) is 53.5 Å². The number of carbonyl (C=O) groups excluding carboxylic acids is 1. The van der Waals surface area contributed by atoms with Crippen molar-refractivity contribution in [2.45, 2.75) is 6.54 Å². The Hall–Kier alpha value is -2.49. The van der Waals surface area contributed by atoms with Gasteiger partial charge in [0.2, 0.25) is 0 Å².